The number of thiol groups is 1. The number of benzene rings is 1. The van der Waals surface area contributed by atoms with Crippen LogP contribution in [0.1, 0.15) is 19.4 Å². The van der Waals surface area contributed by atoms with Crippen LogP contribution in [0.2, 0.25) is 0 Å². The van der Waals surface area contributed by atoms with Gasteiger partial charge >= 0.3 is 5.97 Å². The first-order valence-corrected chi connectivity index (χ1v) is 9.94. The Morgan fingerprint density at radius 1 is 1.00 bits per heavy atom. The second kappa shape index (κ2) is 12.0. The molecule has 0 saturated heterocycles. The first-order valence-electron chi connectivity index (χ1n) is 9.30. The van der Waals surface area contributed by atoms with Crippen molar-refractivity contribution in [2.24, 2.45) is 11.7 Å². The molecule has 1 aromatic rings. The molecule has 0 spiro atoms. The van der Waals surface area contributed by atoms with Gasteiger partial charge in [0, 0.05) is 12.2 Å². The number of phenolic OH excluding ortho intramolecular Hbond substituents is 1. The average Bonchev–Trinajstić information content (AvgIpc) is 2.70. The highest BCUT2D eigenvalue weighted by Gasteiger charge is 2.30. The minimum atomic E-state index is -1.26. The number of carboxylic acids is 1. The third kappa shape index (κ3) is 7.91. The summed E-state index contributed by atoms with van der Waals surface area (Å²) >= 11 is 3.92. The summed E-state index contributed by atoms with van der Waals surface area (Å²) in [4.78, 5) is 48.3. The van der Waals surface area contributed by atoms with Crippen LogP contribution in [0.4, 0.5) is 0 Å². The van der Waals surface area contributed by atoms with Gasteiger partial charge in [-0.15, -0.1) is 0 Å². The van der Waals surface area contributed by atoms with E-state index >= 15 is 0 Å². The molecule has 166 valence electrons. The molecule has 1 aromatic carbocycles. The molecular weight excluding hydrogens is 412 g/mol. The van der Waals surface area contributed by atoms with Crippen LogP contribution in [0.15, 0.2) is 24.3 Å². The van der Waals surface area contributed by atoms with Gasteiger partial charge in [-0.25, -0.2) is 4.79 Å². The zero-order valence-corrected chi connectivity index (χ0v) is 17.7. The number of hydrogen-bond donors (Lipinski definition) is 7. The lowest BCUT2D eigenvalue weighted by atomic mass is 10.0. The summed E-state index contributed by atoms with van der Waals surface area (Å²) in [6.07, 6.45) is 0.0341. The highest BCUT2D eigenvalue weighted by molar-refractivity contribution is 7.80. The van der Waals surface area contributed by atoms with Crippen LogP contribution in [0.3, 0.4) is 0 Å². The van der Waals surface area contributed by atoms with Gasteiger partial charge in [-0.1, -0.05) is 26.0 Å². The summed E-state index contributed by atoms with van der Waals surface area (Å²) in [6.45, 7) is 3.14. The maximum Gasteiger partial charge on any atom is 0.327 e. The number of amides is 3. The van der Waals surface area contributed by atoms with Crippen LogP contribution in [-0.4, -0.2) is 64.3 Å². The number of rotatable bonds is 11. The molecule has 3 unspecified atom stereocenters. The number of carbonyl (C=O) groups is 4. The fraction of sp³-hybridized carbons (Fsp3) is 0.474. The normalized spacial score (nSPS) is 13.8. The lowest BCUT2D eigenvalue weighted by Gasteiger charge is -2.26. The van der Waals surface area contributed by atoms with E-state index in [1.54, 1.807) is 26.0 Å². The molecule has 11 heteroatoms. The predicted molar refractivity (Wildman–Crippen MR) is 113 cm³/mol. The van der Waals surface area contributed by atoms with Gasteiger partial charge < -0.3 is 31.9 Å². The lowest BCUT2D eigenvalue weighted by Crippen LogP contribution is -2.58. The van der Waals surface area contributed by atoms with Crippen LogP contribution >= 0.6 is 12.6 Å². The van der Waals surface area contributed by atoms with Crippen LogP contribution < -0.4 is 21.7 Å². The van der Waals surface area contributed by atoms with Crippen LogP contribution in [0.25, 0.3) is 0 Å². The quantitative estimate of drug-likeness (QED) is 0.217. The topological polar surface area (TPSA) is 171 Å². The minimum absolute atomic E-state index is 0.0341. The van der Waals surface area contributed by atoms with Crippen molar-refractivity contribution >= 4 is 36.3 Å². The van der Waals surface area contributed by atoms with Crippen molar-refractivity contribution in [2.45, 2.75) is 38.4 Å². The maximum absolute atomic E-state index is 12.8. The Hall–Kier alpha value is -2.79. The van der Waals surface area contributed by atoms with Gasteiger partial charge in [-0.05, 0) is 23.6 Å². The standard InChI is InChI=1S/C19H28N4O6S/c1-10(2)16(23-15(25)8-20)18(27)21-13(7-11-3-5-12(24)6-4-11)17(26)22-14(9-30)19(28)29/h3-6,10,13-14,16,24,30H,7-9,20H2,1-2H3,(H,21,27)(H,22,26)(H,23,25)(H,28,29). The summed E-state index contributed by atoms with van der Waals surface area (Å²) in [5.41, 5.74) is 5.92. The van der Waals surface area contributed by atoms with Gasteiger partial charge in [0.1, 0.15) is 23.9 Å². The molecular formula is C19H28N4O6S. The van der Waals surface area contributed by atoms with Gasteiger partial charge in [-0.2, -0.15) is 12.6 Å². The highest BCUT2D eigenvalue weighted by Crippen LogP contribution is 2.12. The van der Waals surface area contributed by atoms with Crippen molar-refractivity contribution in [3.8, 4) is 5.75 Å². The molecule has 0 aliphatic carbocycles. The van der Waals surface area contributed by atoms with E-state index in [4.69, 9.17) is 10.8 Å². The van der Waals surface area contributed by atoms with Crippen molar-refractivity contribution < 1.29 is 29.4 Å². The molecule has 0 radical (unpaired) electrons. The molecule has 1 rings (SSSR count). The summed E-state index contributed by atoms with van der Waals surface area (Å²) in [5.74, 6) is -3.50. The average molecular weight is 441 g/mol. The first-order chi connectivity index (χ1) is 14.1. The fourth-order valence-corrected chi connectivity index (χ4v) is 2.81. The van der Waals surface area contributed by atoms with Crippen molar-refractivity contribution in [3.63, 3.8) is 0 Å². The number of carboxylic acid groups (broad SMARTS) is 1. The number of phenols is 1. The summed E-state index contributed by atoms with van der Waals surface area (Å²) in [5, 5.41) is 26.0. The minimum Gasteiger partial charge on any atom is -0.508 e. The largest absolute Gasteiger partial charge is 0.508 e. The Labute approximate surface area is 180 Å². The Kier molecular flexibility index (Phi) is 10.1. The number of hydrogen-bond acceptors (Lipinski definition) is 7. The number of nitrogens with one attached hydrogen (secondary N) is 3. The molecule has 0 aromatic heterocycles. The van der Waals surface area contributed by atoms with E-state index in [1.807, 2.05) is 0 Å². The van der Waals surface area contributed by atoms with Crippen molar-refractivity contribution in [1.29, 1.82) is 0 Å². The molecule has 0 bridgehead atoms. The van der Waals surface area contributed by atoms with Gasteiger partial charge in [0.15, 0.2) is 0 Å². The third-order valence-corrected chi connectivity index (χ3v) is 4.62. The molecule has 10 nitrogen and oxygen atoms in total. The Bertz CT molecular complexity index is 756. The smallest absolute Gasteiger partial charge is 0.327 e. The summed E-state index contributed by atoms with van der Waals surface area (Å²) < 4.78 is 0. The molecule has 0 aliphatic heterocycles. The first kappa shape index (κ1) is 25.2. The zero-order chi connectivity index (χ0) is 22.8. The fourth-order valence-electron chi connectivity index (χ4n) is 2.56. The van der Waals surface area contributed by atoms with Gasteiger partial charge in [0.2, 0.25) is 17.7 Å². The Morgan fingerprint density at radius 3 is 2.03 bits per heavy atom. The third-order valence-electron chi connectivity index (χ3n) is 4.26. The zero-order valence-electron chi connectivity index (χ0n) is 16.8. The van der Waals surface area contributed by atoms with Gasteiger partial charge in [0.25, 0.3) is 0 Å². The number of nitrogens with two attached hydrogens (primary N) is 1. The van der Waals surface area contributed by atoms with Gasteiger partial charge in [0.05, 0.1) is 6.54 Å². The van der Waals surface area contributed by atoms with E-state index in [0.717, 1.165) is 0 Å². The SMILES string of the molecule is CC(C)C(NC(=O)CN)C(=O)NC(Cc1ccc(O)cc1)C(=O)NC(CS)C(=O)O. The maximum atomic E-state index is 12.8. The van der Waals surface area contributed by atoms with Crippen molar-refractivity contribution in [3.05, 3.63) is 29.8 Å². The van der Waals surface area contributed by atoms with Crippen LogP contribution in [-0.2, 0) is 25.6 Å². The van der Waals surface area contributed by atoms with Crippen LogP contribution in [0, 0.1) is 5.92 Å². The lowest BCUT2D eigenvalue weighted by molar-refractivity contribution is -0.141. The molecule has 0 heterocycles. The molecule has 7 N–H and O–H groups in total. The number of carbonyl (C=O) groups excluding carboxylic acids is 3. The summed E-state index contributed by atoms with van der Waals surface area (Å²) in [6, 6.07) is 2.71. The Balaban J connectivity index is 3.06. The highest BCUT2D eigenvalue weighted by atomic mass is 32.1. The number of aliphatic carboxylic acids is 1. The van der Waals surface area contributed by atoms with Gasteiger partial charge in [-0.3, -0.25) is 14.4 Å². The van der Waals surface area contributed by atoms with E-state index < -0.39 is 41.8 Å². The molecule has 0 aliphatic rings. The van der Waals surface area contributed by atoms with Crippen LogP contribution in [0.5, 0.6) is 5.75 Å². The van der Waals surface area contributed by atoms with E-state index in [1.165, 1.54) is 12.1 Å². The molecule has 0 fully saturated rings. The van der Waals surface area contributed by atoms with Crippen molar-refractivity contribution in [2.75, 3.05) is 12.3 Å². The van der Waals surface area contributed by atoms with E-state index in [0.29, 0.717) is 5.56 Å². The molecule has 3 amide bonds. The number of aromatic hydroxyl groups is 1. The monoisotopic (exact) mass is 440 g/mol. The van der Waals surface area contributed by atoms with E-state index in [2.05, 4.69) is 28.6 Å². The van der Waals surface area contributed by atoms with E-state index in [9.17, 15) is 24.3 Å². The second-order valence-electron chi connectivity index (χ2n) is 7.01. The van der Waals surface area contributed by atoms with E-state index in [-0.39, 0.29) is 30.4 Å². The Morgan fingerprint density at radius 2 is 1.57 bits per heavy atom. The van der Waals surface area contributed by atoms with Crippen molar-refractivity contribution in [1.82, 2.24) is 16.0 Å². The second-order valence-corrected chi connectivity index (χ2v) is 7.37. The molecule has 0 saturated carbocycles. The molecule has 30 heavy (non-hydrogen) atoms. The molecule has 3 atom stereocenters. The predicted octanol–water partition coefficient (Wildman–Crippen LogP) is -0.982. The summed E-state index contributed by atoms with van der Waals surface area (Å²) in [7, 11) is 0.